The molecule has 5 atom stereocenters. The van der Waals surface area contributed by atoms with E-state index in [9.17, 15) is 20.1 Å². The number of allylic oxidation sites excluding steroid dienone is 1. The summed E-state index contributed by atoms with van der Waals surface area (Å²) in [7, 11) is 1.32. The zero-order chi connectivity index (χ0) is 23.6. The Morgan fingerprint density at radius 3 is 1.88 bits per heavy atom. The molecule has 0 spiro atoms. The third-order valence-corrected chi connectivity index (χ3v) is 6.02. The fourth-order valence-corrected chi connectivity index (χ4v) is 3.92. The van der Waals surface area contributed by atoms with Gasteiger partial charge >= 0.3 is 5.97 Å². The molecule has 0 radical (unpaired) electrons. The molecule has 32 heavy (non-hydrogen) atoms. The maximum atomic E-state index is 11.8. The number of aliphatic hydroxyl groups excluding tert-OH is 3. The Morgan fingerprint density at radius 1 is 0.812 bits per heavy atom. The summed E-state index contributed by atoms with van der Waals surface area (Å²) in [5.41, 5.74) is 0. The number of unbranched alkanes of at least 4 members (excludes halogenated alkanes) is 13. The quantitative estimate of drug-likeness (QED) is 0.162. The van der Waals surface area contributed by atoms with Crippen molar-refractivity contribution >= 4 is 5.97 Å². The van der Waals surface area contributed by atoms with E-state index in [1.165, 1.54) is 83.8 Å². The highest BCUT2D eigenvalue weighted by molar-refractivity contribution is 5.81. The molecule has 0 aliphatic carbocycles. The van der Waals surface area contributed by atoms with Crippen molar-refractivity contribution in [3.63, 3.8) is 0 Å². The summed E-state index contributed by atoms with van der Waals surface area (Å²) in [6, 6.07) is 0. The van der Waals surface area contributed by atoms with Gasteiger partial charge in [0.25, 0.3) is 0 Å². The molecule has 1 aliphatic heterocycles. The summed E-state index contributed by atoms with van der Waals surface area (Å²) in [6.07, 6.45) is 14.8. The smallest absolute Gasteiger partial charge is 0.330 e. The third kappa shape index (κ3) is 12.3. The minimum absolute atomic E-state index is 0.229. The lowest BCUT2D eigenvalue weighted by atomic mass is 9.99. The highest BCUT2D eigenvalue weighted by atomic mass is 16.7. The van der Waals surface area contributed by atoms with Gasteiger partial charge in [0.15, 0.2) is 6.29 Å². The molecule has 1 unspecified atom stereocenters. The van der Waals surface area contributed by atoms with Gasteiger partial charge in [-0.25, -0.2) is 4.79 Å². The lowest BCUT2D eigenvalue weighted by Gasteiger charge is -2.39. The number of carbonyl (C=O) groups is 1. The first-order valence-corrected chi connectivity index (χ1v) is 12.6. The van der Waals surface area contributed by atoms with Gasteiger partial charge in [-0.1, -0.05) is 90.0 Å². The maximum Gasteiger partial charge on any atom is 0.330 e. The Balaban J connectivity index is 1.99. The second-order valence-electron chi connectivity index (χ2n) is 8.81. The number of aliphatic hydroxyl groups is 3. The summed E-state index contributed by atoms with van der Waals surface area (Å²) >= 11 is 0. The van der Waals surface area contributed by atoms with E-state index < -0.39 is 36.7 Å². The zero-order valence-corrected chi connectivity index (χ0v) is 20.1. The maximum absolute atomic E-state index is 11.8. The van der Waals surface area contributed by atoms with Gasteiger partial charge in [0.1, 0.15) is 31.0 Å². The molecular weight excluding hydrogens is 412 g/mol. The molecule has 188 valence electrons. The molecule has 7 heteroatoms. The zero-order valence-electron chi connectivity index (χ0n) is 20.1. The van der Waals surface area contributed by atoms with Gasteiger partial charge in [0.2, 0.25) is 0 Å². The fraction of sp³-hybridized carbons (Fsp3) is 0.880. The summed E-state index contributed by atoms with van der Waals surface area (Å²) in [6.45, 7) is 2.03. The summed E-state index contributed by atoms with van der Waals surface area (Å²) in [5.74, 6) is -0.523. The van der Waals surface area contributed by atoms with Crippen molar-refractivity contribution in [1.82, 2.24) is 0 Å². The van der Waals surface area contributed by atoms with E-state index in [1.807, 2.05) is 0 Å². The molecule has 0 bridgehead atoms. The number of rotatable bonds is 18. The van der Waals surface area contributed by atoms with Gasteiger partial charge in [-0.05, 0) is 12.8 Å². The lowest BCUT2D eigenvalue weighted by Crippen LogP contribution is -2.59. The molecule has 0 aromatic carbocycles. The molecule has 1 rings (SSSR count). The van der Waals surface area contributed by atoms with Crippen molar-refractivity contribution in [1.29, 1.82) is 0 Å². The van der Waals surface area contributed by atoms with E-state index in [4.69, 9.17) is 14.2 Å². The van der Waals surface area contributed by atoms with E-state index in [1.54, 1.807) is 6.08 Å². The number of esters is 1. The molecule has 0 aromatic heterocycles. The first-order chi connectivity index (χ1) is 15.5. The largest absolute Gasteiger partial charge is 0.460 e. The van der Waals surface area contributed by atoms with Crippen molar-refractivity contribution in [2.75, 3.05) is 13.7 Å². The van der Waals surface area contributed by atoms with Gasteiger partial charge in [-0.2, -0.15) is 0 Å². The van der Waals surface area contributed by atoms with Gasteiger partial charge in [-0.15, -0.1) is 0 Å². The van der Waals surface area contributed by atoms with Gasteiger partial charge in [-0.3, -0.25) is 0 Å². The second-order valence-corrected chi connectivity index (χ2v) is 8.81. The normalized spacial score (nSPS) is 26.0. The average Bonchev–Trinajstić information content (AvgIpc) is 2.79. The van der Waals surface area contributed by atoms with E-state index in [-0.39, 0.29) is 6.61 Å². The monoisotopic (exact) mass is 458 g/mol. The van der Waals surface area contributed by atoms with Crippen LogP contribution in [0.25, 0.3) is 0 Å². The summed E-state index contributed by atoms with van der Waals surface area (Å²) < 4.78 is 15.3. The molecule has 0 saturated carbocycles. The molecular formula is C25H46O7. The Kier molecular flexibility index (Phi) is 16.7. The standard InChI is InChI=1S/C25H46O7/c1-3-4-5-6-7-8-9-10-11-12-13-14-15-16-17-18-21(26)31-19-20-22(27)23(28)24(29)25(30-2)32-20/h17-18,20,22-25,27-29H,3-16,19H2,1-2H3/t20-,22-,23+,24-,25?/m1/s1. The van der Waals surface area contributed by atoms with Crippen LogP contribution in [0.2, 0.25) is 0 Å². The van der Waals surface area contributed by atoms with Crippen LogP contribution in [-0.2, 0) is 19.0 Å². The Morgan fingerprint density at radius 2 is 1.34 bits per heavy atom. The Bertz CT molecular complexity index is 495. The van der Waals surface area contributed by atoms with Crippen LogP contribution < -0.4 is 0 Å². The topological polar surface area (TPSA) is 105 Å². The van der Waals surface area contributed by atoms with Crippen LogP contribution in [0.3, 0.4) is 0 Å². The van der Waals surface area contributed by atoms with Crippen molar-refractivity contribution in [3.05, 3.63) is 12.2 Å². The average molecular weight is 459 g/mol. The van der Waals surface area contributed by atoms with Crippen molar-refractivity contribution in [2.45, 2.75) is 128 Å². The molecule has 0 aromatic rings. The van der Waals surface area contributed by atoms with Crippen LogP contribution in [0.5, 0.6) is 0 Å². The van der Waals surface area contributed by atoms with Crippen LogP contribution >= 0.6 is 0 Å². The number of hydrogen-bond donors (Lipinski definition) is 3. The molecule has 7 nitrogen and oxygen atoms in total. The summed E-state index contributed by atoms with van der Waals surface area (Å²) in [4.78, 5) is 11.8. The molecule has 1 saturated heterocycles. The van der Waals surface area contributed by atoms with Crippen LogP contribution in [0.1, 0.15) is 96.8 Å². The van der Waals surface area contributed by atoms with Gasteiger partial charge in [0.05, 0.1) is 0 Å². The van der Waals surface area contributed by atoms with Gasteiger partial charge in [0, 0.05) is 13.2 Å². The molecule has 1 aliphatic rings. The van der Waals surface area contributed by atoms with Crippen LogP contribution in [-0.4, -0.2) is 65.7 Å². The lowest BCUT2D eigenvalue weighted by molar-refractivity contribution is -0.294. The van der Waals surface area contributed by atoms with Crippen LogP contribution in [0.15, 0.2) is 12.2 Å². The van der Waals surface area contributed by atoms with Crippen molar-refractivity contribution in [2.24, 2.45) is 0 Å². The Hall–Kier alpha value is -0.990. The molecule has 0 amide bonds. The number of carbonyl (C=O) groups excluding carboxylic acids is 1. The minimum atomic E-state index is -1.43. The highest BCUT2D eigenvalue weighted by Crippen LogP contribution is 2.22. The number of methoxy groups -OCH3 is 1. The summed E-state index contributed by atoms with van der Waals surface area (Å²) in [5, 5.41) is 29.5. The first-order valence-electron chi connectivity index (χ1n) is 12.6. The number of ether oxygens (including phenoxy) is 3. The van der Waals surface area contributed by atoms with Crippen LogP contribution in [0, 0.1) is 0 Å². The minimum Gasteiger partial charge on any atom is -0.460 e. The predicted molar refractivity (Wildman–Crippen MR) is 124 cm³/mol. The van der Waals surface area contributed by atoms with E-state index in [0.29, 0.717) is 0 Å². The predicted octanol–water partition coefficient (Wildman–Crippen LogP) is 4.02. The SMILES string of the molecule is CCCCCCCCCCCCCCCC=CC(=O)OC[C@H]1OC(OC)[C@H](O)[C@@H](O)[C@@H]1O. The third-order valence-electron chi connectivity index (χ3n) is 6.02. The first kappa shape index (κ1) is 29.0. The van der Waals surface area contributed by atoms with Gasteiger partial charge < -0.3 is 29.5 Å². The fourth-order valence-electron chi connectivity index (χ4n) is 3.92. The van der Waals surface area contributed by atoms with E-state index in [2.05, 4.69) is 6.92 Å². The van der Waals surface area contributed by atoms with Crippen molar-refractivity contribution in [3.8, 4) is 0 Å². The Labute approximate surface area is 194 Å². The molecule has 1 fully saturated rings. The van der Waals surface area contributed by atoms with E-state index in [0.717, 1.165) is 19.3 Å². The van der Waals surface area contributed by atoms with E-state index >= 15 is 0 Å². The molecule has 1 heterocycles. The van der Waals surface area contributed by atoms with Crippen molar-refractivity contribution < 1.29 is 34.3 Å². The second kappa shape index (κ2) is 18.4. The molecule has 3 N–H and O–H groups in total. The number of hydrogen-bond acceptors (Lipinski definition) is 7. The van der Waals surface area contributed by atoms with Crippen LogP contribution in [0.4, 0.5) is 0 Å². The highest BCUT2D eigenvalue weighted by Gasteiger charge is 2.44.